The van der Waals surface area contributed by atoms with Crippen LogP contribution in [0, 0.1) is 11.7 Å². The molecule has 168 valence electrons. The maximum atomic E-state index is 13.1. The second kappa shape index (κ2) is 10.1. The van der Waals surface area contributed by atoms with Crippen LogP contribution in [0.4, 0.5) is 20.6 Å². The van der Waals surface area contributed by atoms with Crippen molar-refractivity contribution in [1.29, 1.82) is 0 Å². The van der Waals surface area contributed by atoms with Gasteiger partial charge in [-0.2, -0.15) is 0 Å². The number of ether oxygens (including phenoxy) is 1. The first-order chi connectivity index (χ1) is 14.6. The second-order valence-electron chi connectivity index (χ2n) is 6.84. The quantitative estimate of drug-likeness (QED) is 0.463. The van der Waals surface area contributed by atoms with Gasteiger partial charge in [-0.05, 0) is 48.4 Å². The fraction of sp³-hybridized carbons (Fsp3) is 0.300. The lowest BCUT2D eigenvalue weighted by Crippen LogP contribution is -2.49. The molecule has 0 saturated carbocycles. The molecule has 0 aliphatic rings. The zero-order chi connectivity index (χ0) is 23.2. The average Bonchev–Trinajstić information content (AvgIpc) is 2.71. The molecule has 2 aromatic carbocycles. The van der Waals surface area contributed by atoms with Crippen LogP contribution < -0.4 is 25.8 Å². The molecule has 31 heavy (non-hydrogen) atoms. The molecule has 0 saturated heterocycles. The molecule has 2 atom stereocenters. The molecular weight excluding hydrogens is 427 g/mol. The van der Waals surface area contributed by atoms with Crippen molar-refractivity contribution in [3.05, 3.63) is 48.3 Å². The van der Waals surface area contributed by atoms with Gasteiger partial charge in [0, 0.05) is 5.69 Å². The number of carbonyl (C=O) groups excluding carboxylic acids is 2. The number of anilines is 2. The number of urea groups is 1. The van der Waals surface area contributed by atoms with Gasteiger partial charge in [-0.25, -0.2) is 17.6 Å². The van der Waals surface area contributed by atoms with E-state index in [1.807, 2.05) is 6.92 Å². The third-order valence-corrected chi connectivity index (χ3v) is 6.01. The standard InChI is InChI=1S/C20H25FN4O5S/c1-4-12(2)18(24-20(22)27)19(26)23-14-7-10-17(30-3)16(11-14)25-31(28,29)15-8-5-13(21)6-9-15/h5-12,18,25H,4H2,1-3H3,(H,23,26)(H3,22,24,27). The number of primary amides is 1. The van der Waals surface area contributed by atoms with Crippen LogP contribution in [0.2, 0.25) is 0 Å². The molecule has 0 radical (unpaired) electrons. The highest BCUT2D eigenvalue weighted by Gasteiger charge is 2.25. The van der Waals surface area contributed by atoms with Gasteiger partial charge >= 0.3 is 6.03 Å². The Labute approximate surface area is 180 Å². The number of benzene rings is 2. The van der Waals surface area contributed by atoms with Gasteiger partial charge in [0.1, 0.15) is 17.6 Å². The van der Waals surface area contributed by atoms with E-state index in [2.05, 4.69) is 15.4 Å². The molecule has 2 unspecified atom stereocenters. The minimum atomic E-state index is -4.04. The monoisotopic (exact) mass is 452 g/mol. The zero-order valence-corrected chi connectivity index (χ0v) is 18.1. The summed E-state index contributed by atoms with van der Waals surface area (Å²) < 4.78 is 45.9. The van der Waals surface area contributed by atoms with Gasteiger partial charge in [-0.15, -0.1) is 0 Å². The third-order valence-electron chi connectivity index (χ3n) is 4.63. The van der Waals surface area contributed by atoms with Gasteiger partial charge in [0.2, 0.25) is 5.91 Å². The maximum Gasteiger partial charge on any atom is 0.312 e. The summed E-state index contributed by atoms with van der Waals surface area (Å²) in [6.45, 7) is 3.65. The number of sulfonamides is 1. The number of rotatable bonds is 9. The number of carbonyl (C=O) groups is 2. The molecule has 0 aliphatic heterocycles. The van der Waals surface area contributed by atoms with Crippen molar-refractivity contribution in [3.8, 4) is 5.75 Å². The molecule has 0 aromatic heterocycles. The Balaban J connectivity index is 2.30. The highest BCUT2D eigenvalue weighted by molar-refractivity contribution is 7.92. The molecule has 0 heterocycles. The van der Waals surface area contributed by atoms with Crippen LogP contribution in [0.5, 0.6) is 5.75 Å². The van der Waals surface area contributed by atoms with E-state index >= 15 is 0 Å². The second-order valence-corrected chi connectivity index (χ2v) is 8.52. The lowest BCUT2D eigenvalue weighted by molar-refractivity contribution is -0.119. The van der Waals surface area contributed by atoms with Crippen molar-refractivity contribution < 1.29 is 27.1 Å². The molecule has 0 fully saturated rings. The molecule has 11 heteroatoms. The van der Waals surface area contributed by atoms with Crippen LogP contribution in [-0.4, -0.2) is 33.5 Å². The van der Waals surface area contributed by atoms with Crippen LogP contribution in [0.3, 0.4) is 0 Å². The van der Waals surface area contributed by atoms with Crippen molar-refractivity contribution in [3.63, 3.8) is 0 Å². The number of nitrogens with two attached hydrogens (primary N) is 1. The highest BCUT2D eigenvalue weighted by Crippen LogP contribution is 2.30. The van der Waals surface area contributed by atoms with Gasteiger partial charge in [0.15, 0.2) is 0 Å². The maximum absolute atomic E-state index is 13.1. The molecule has 0 aliphatic carbocycles. The summed E-state index contributed by atoms with van der Waals surface area (Å²) in [5.41, 5.74) is 5.49. The molecule has 3 amide bonds. The summed E-state index contributed by atoms with van der Waals surface area (Å²) >= 11 is 0. The van der Waals surface area contributed by atoms with Gasteiger partial charge in [0.25, 0.3) is 10.0 Å². The SMILES string of the molecule is CCC(C)C(NC(N)=O)C(=O)Nc1ccc(OC)c(NS(=O)(=O)c2ccc(F)cc2)c1. The minimum absolute atomic E-state index is 0.0626. The number of nitrogens with one attached hydrogen (secondary N) is 3. The Morgan fingerprint density at radius 2 is 1.81 bits per heavy atom. The fourth-order valence-corrected chi connectivity index (χ4v) is 3.82. The number of hydrogen-bond donors (Lipinski definition) is 4. The summed E-state index contributed by atoms with van der Waals surface area (Å²) in [4.78, 5) is 23.8. The summed E-state index contributed by atoms with van der Waals surface area (Å²) in [5, 5.41) is 5.05. The van der Waals surface area contributed by atoms with Gasteiger partial charge < -0.3 is 21.1 Å². The Morgan fingerprint density at radius 1 is 1.16 bits per heavy atom. The largest absolute Gasteiger partial charge is 0.495 e. The smallest absolute Gasteiger partial charge is 0.312 e. The van der Waals surface area contributed by atoms with Crippen molar-refractivity contribution in [2.75, 3.05) is 17.1 Å². The fourth-order valence-electron chi connectivity index (χ4n) is 2.76. The predicted octanol–water partition coefficient (Wildman–Crippen LogP) is 2.66. The van der Waals surface area contributed by atoms with Crippen molar-refractivity contribution in [1.82, 2.24) is 5.32 Å². The summed E-state index contributed by atoms with van der Waals surface area (Å²) in [6, 6.07) is 6.97. The summed E-state index contributed by atoms with van der Waals surface area (Å²) in [5.74, 6) is -1.06. The molecule has 2 rings (SSSR count). The topological polar surface area (TPSA) is 140 Å². The first kappa shape index (κ1) is 23.9. The lowest BCUT2D eigenvalue weighted by Gasteiger charge is -2.23. The van der Waals surface area contributed by atoms with E-state index in [1.165, 1.54) is 25.3 Å². The van der Waals surface area contributed by atoms with Crippen molar-refractivity contribution in [2.45, 2.75) is 31.2 Å². The lowest BCUT2D eigenvalue weighted by atomic mass is 9.98. The highest BCUT2D eigenvalue weighted by atomic mass is 32.2. The Hall–Kier alpha value is -3.34. The number of hydrogen-bond acceptors (Lipinski definition) is 5. The van der Waals surface area contributed by atoms with Crippen LogP contribution in [-0.2, 0) is 14.8 Å². The molecule has 9 nitrogen and oxygen atoms in total. The number of amides is 3. The first-order valence-electron chi connectivity index (χ1n) is 9.40. The molecule has 0 bridgehead atoms. The first-order valence-corrected chi connectivity index (χ1v) is 10.9. The zero-order valence-electron chi connectivity index (χ0n) is 17.3. The van der Waals surface area contributed by atoms with Crippen molar-refractivity contribution >= 4 is 33.3 Å². The van der Waals surface area contributed by atoms with Crippen LogP contribution in [0.15, 0.2) is 47.4 Å². The summed E-state index contributed by atoms with van der Waals surface area (Å²) in [7, 11) is -2.68. The molecule has 2 aromatic rings. The minimum Gasteiger partial charge on any atom is -0.495 e. The molecule has 5 N–H and O–H groups in total. The number of halogens is 1. The number of methoxy groups -OCH3 is 1. The average molecular weight is 453 g/mol. The van der Waals surface area contributed by atoms with Crippen LogP contribution in [0.25, 0.3) is 0 Å². The third kappa shape index (κ3) is 6.32. The van der Waals surface area contributed by atoms with Crippen LogP contribution >= 0.6 is 0 Å². The van der Waals surface area contributed by atoms with E-state index in [1.54, 1.807) is 6.92 Å². The van der Waals surface area contributed by atoms with E-state index in [0.717, 1.165) is 24.3 Å². The van der Waals surface area contributed by atoms with Crippen molar-refractivity contribution in [2.24, 2.45) is 11.7 Å². The van der Waals surface area contributed by atoms with E-state index < -0.39 is 33.8 Å². The predicted molar refractivity (Wildman–Crippen MR) is 115 cm³/mol. The molecular formula is C20H25FN4O5S. The summed E-state index contributed by atoms with van der Waals surface area (Å²) in [6.07, 6.45) is 0.615. The molecule has 0 spiro atoms. The van der Waals surface area contributed by atoms with Crippen LogP contribution in [0.1, 0.15) is 20.3 Å². The Bertz CT molecular complexity index is 1040. The Morgan fingerprint density at radius 3 is 2.35 bits per heavy atom. The van der Waals surface area contributed by atoms with Gasteiger partial charge in [-0.1, -0.05) is 20.3 Å². The van der Waals surface area contributed by atoms with Gasteiger partial charge in [0.05, 0.1) is 17.7 Å². The van der Waals surface area contributed by atoms with E-state index in [4.69, 9.17) is 10.5 Å². The Kier molecular flexibility index (Phi) is 7.81. The van der Waals surface area contributed by atoms with E-state index in [9.17, 15) is 22.4 Å². The normalized spacial score (nSPS) is 13.0. The van der Waals surface area contributed by atoms with E-state index in [-0.39, 0.29) is 27.9 Å². The van der Waals surface area contributed by atoms with Gasteiger partial charge in [-0.3, -0.25) is 9.52 Å². The van der Waals surface area contributed by atoms with E-state index in [0.29, 0.717) is 6.42 Å².